The second-order valence-electron chi connectivity index (χ2n) is 4.77. The first-order valence-corrected chi connectivity index (χ1v) is 5.87. The van der Waals surface area contributed by atoms with Gasteiger partial charge in [0.2, 0.25) is 0 Å². The molecule has 0 aromatic heterocycles. The van der Waals surface area contributed by atoms with Gasteiger partial charge < -0.3 is 0 Å². The lowest BCUT2D eigenvalue weighted by molar-refractivity contribution is 0.0570. The van der Waals surface area contributed by atoms with Gasteiger partial charge in [0, 0.05) is 0 Å². The van der Waals surface area contributed by atoms with E-state index in [9.17, 15) is 9.59 Å². The number of alkyl halides is 1. The molecule has 0 fully saturated rings. The molecule has 1 aliphatic rings. The Labute approximate surface area is 105 Å². The third-order valence-corrected chi connectivity index (χ3v) is 3.52. The Balaban J connectivity index is 2.44. The van der Waals surface area contributed by atoms with Crippen molar-refractivity contribution in [2.24, 2.45) is 0 Å². The number of hydrogen-bond donors (Lipinski definition) is 0. The predicted molar refractivity (Wildman–Crippen MR) is 66.3 cm³/mol. The van der Waals surface area contributed by atoms with Gasteiger partial charge in [0.25, 0.3) is 11.8 Å². The first-order chi connectivity index (χ1) is 7.84. The molecule has 1 atom stereocenters. The molecule has 3 nitrogen and oxygen atoms in total. The number of benzene rings is 1. The fraction of sp³-hybridized carbons (Fsp3) is 0.385. The summed E-state index contributed by atoms with van der Waals surface area (Å²) in [5, 5.41) is 0. The van der Waals surface area contributed by atoms with Crippen LogP contribution in [0.5, 0.6) is 0 Å². The minimum atomic E-state index is -0.645. The van der Waals surface area contributed by atoms with E-state index < -0.39 is 4.87 Å². The zero-order chi connectivity index (χ0) is 12.8. The summed E-state index contributed by atoms with van der Waals surface area (Å²) in [6.45, 7) is 5.38. The number of carbonyl (C=O) groups is 2. The molecule has 0 radical (unpaired) electrons. The van der Waals surface area contributed by atoms with Crippen molar-refractivity contribution in [3.05, 3.63) is 35.4 Å². The van der Waals surface area contributed by atoms with Crippen LogP contribution >= 0.6 is 11.6 Å². The van der Waals surface area contributed by atoms with Gasteiger partial charge in [-0.3, -0.25) is 14.5 Å². The number of carbonyl (C=O) groups excluding carboxylic acids is 2. The first-order valence-electron chi connectivity index (χ1n) is 5.50. The van der Waals surface area contributed by atoms with Gasteiger partial charge in [0.15, 0.2) is 0 Å². The van der Waals surface area contributed by atoms with Gasteiger partial charge in [-0.2, -0.15) is 0 Å². The largest absolute Gasteiger partial charge is 0.270 e. The van der Waals surface area contributed by atoms with Crippen LogP contribution < -0.4 is 0 Å². The van der Waals surface area contributed by atoms with Gasteiger partial charge in [-0.25, -0.2) is 0 Å². The normalized spacial score (nSPS) is 17.3. The molecular formula is C13H14ClNO2. The van der Waals surface area contributed by atoms with Crippen LogP contribution in [0.15, 0.2) is 24.3 Å². The van der Waals surface area contributed by atoms with Crippen LogP contribution in [0.4, 0.5) is 0 Å². The summed E-state index contributed by atoms with van der Waals surface area (Å²) in [4.78, 5) is 24.9. The molecule has 0 N–H and O–H groups in total. The van der Waals surface area contributed by atoms with Crippen molar-refractivity contribution in [2.45, 2.75) is 31.7 Å². The van der Waals surface area contributed by atoms with Crippen LogP contribution in [-0.4, -0.2) is 27.6 Å². The molecule has 17 heavy (non-hydrogen) atoms. The molecule has 1 aromatic carbocycles. The Morgan fingerprint density at radius 3 is 1.88 bits per heavy atom. The van der Waals surface area contributed by atoms with E-state index in [1.807, 2.05) is 0 Å². The van der Waals surface area contributed by atoms with E-state index in [0.29, 0.717) is 11.1 Å². The summed E-state index contributed by atoms with van der Waals surface area (Å²) in [6, 6.07) is 6.50. The lowest BCUT2D eigenvalue weighted by atomic mass is 10.0. The van der Waals surface area contributed by atoms with Crippen molar-refractivity contribution in [3.8, 4) is 0 Å². The summed E-state index contributed by atoms with van der Waals surface area (Å²) in [5.74, 6) is -0.515. The van der Waals surface area contributed by atoms with Gasteiger partial charge in [-0.1, -0.05) is 12.1 Å². The van der Waals surface area contributed by atoms with E-state index in [4.69, 9.17) is 11.6 Å². The van der Waals surface area contributed by atoms with E-state index in [0.717, 1.165) is 0 Å². The van der Waals surface area contributed by atoms with Crippen LogP contribution in [0, 0.1) is 0 Å². The van der Waals surface area contributed by atoms with Gasteiger partial charge in [0.05, 0.1) is 22.0 Å². The minimum Gasteiger partial charge on any atom is -0.270 e. The average molecular weight is 252 g/mol. The topological polar surface area (TPSA) is 37.4 Å². The highest BCUT2D eigenvalue weighted by Gasteiger charge is 2.42. The van der Waals surface area contributed by atoms with Crippen molar-refractivity contribution in [3.63, 3.8) is 0 Å². The molecule has 0 saturated heterocycles. The fourth-order valence-corrected chi connectivity index (χ4v) is 1.96. The molecular weight excluding hydrogens is 238 g/mol. The van der Waals surface area contributed by atoms with Crippen molar-refractivity contribution in [2.75, 3.05) is 0 Å². The van der Waals surface area contributed by atoms with Crippen molar-refractivity contribution in [1.82, 2.24) is 4.90 Å². The van der Waals surface area contributed by atoms with Gasteiger partial charge >= 0.3 is 0 Å². The quantitative estimate of drug-likeness (QED) is 0.599. The Morgan fingerprint density at radius 2 is 1.53 bits per heavy atom. The maximum atomic E-state index is 12.1. The van der Waals surface area contributed by atoms with Crippen LogP contribution in [0.25, 0.3) is 0 Å². The summed E-state index contributed by atoms with van der Waals surface area (Å²) in [7, 11) is 0. The summed E-state index contributed by atoms with van der Waals surface area (Å²) in [6.07, 6.45) is 0. The minimum absolute atomic E-state index is 0.258. The molecule has 2 amide bonds. The van der Waals surface area contributed by atoms with Crippen molar-refractivity contribution >= 4 is 23.4 Å². The number of nitrogens with zero attached hydrogens (tertiary/aromatic N) is 1. The number of rotatable bonds is 2. The van der Waals surface area contributed by atoms with Crippen LogP contribution in [0.2, 0.25) is 0 Å². The molecule has 0 bridgehead atoms. The number of amides is 2. The van der Waals surface area contributed by atoms with Gasteiger partial charge in [0.1, 0.15) is 0 Å². The average Bonchev–Trinajstić information content (AvgIpc) is 2.51. The maximum Gasteiger partial charge on any atom is 0.261 e. The standard InChI is InChI=1S/C13H14ClNO2/c1-8(13(2,3)14)15-11(16)9-6-4-5-7-10(9)12(15)17/h4-8H,1-3H3. The Morgan fingerprint density at radius 1 is 1.12 bits per heavy atom. The van der Waals surface area contributed by atoms with Crippen molar-refractivity contribution < 1.29 is 9.59 Å². The van der Waals surface area contributed by atoms with E-state index in [1.54, 1.807) is 45.0 Å². The number of fused-ring (bicyclic) bond motifs is 1. The highest BCUT2D eigenvalue weighted by atomic mass is 35.5. The Kier molecular flexibility index (Phi) is 2.74. The maximum absolute atomic E-state index is 12.1. The highest BCUT2D eigenvalue weighted by molar-refractivity contribution is 6.26. The first kappa shape index (κ1) is 12.1. The Bertz CT molecular complexity index is 455. The summed E-state index contributed by atoms with van der Waals surface area (Å²) in [5.41, 5.74) is 0.926. The third kappa shape index (κ3) is 1.84. The van der Waals surface area contributed by atoms with E-state index >= 15 is 0 Å². The van der Waals surface area contributed by atoms with Gasteiger partial charge in [-0.15, -0.1) is 11.6 Å². The van der Waals surface area contributed by atoms with E-state index in [1.165, 1.54) is 4.90 Å². The number of halogens is 1. The van der Waals surface area contributed by atoms with E-state index in [2.05, 4.69) is 0 Å². The lowest BCUT2D eigenvalue weighted by Crippen LogP contribution is -2.47. The molecule has 0 aliphatic carbocycles. The van der Waals surface area contributed by atoms with Crippen LogP contribution in [0.1, 0.15) is 41.5 Å². The van der Waals surface area contributed by atoms with Gasteiger partial charge in [-0.05, 0) is 32.9 Å². The predicted octanol–water partition coefficient (Wildman–Crippen LogP) is 2.69. The number of hydrogen-bond acceptors (Lipinski definition) is 2. The second kappa shape index (κ2) is 3.84. The SMILES string of the molecule is CC(N1C(=O)c2ccccc2C1=O)C(C)(C)Cl. The molecule has 4 heteroatoms. The molecule has 1 aliphatic heterocycles. The molecule has 0 spiro atoms. The van der Waals surface area contributed by atoms with Crippen molar-refractivity contribution in [1.29, 1.82) is 0 Å². The van der Waals surface area contributed by atoms with Crippen LogP contribution in [-0.2, 0) is 0 Å². The molecule has 2 rings (SSSR count). The second-order valence-corrected chi connectivity index (χ2v) is 5.74. The molecule has 1 unspecified atom stereocenters. The summed E-state index contributed by atoms with van der Waals surface area (Å²) >= 11 is 6.19. The molecule has 1 heterocycles. The van der Waals surface area contributed by atoms with Crippen LogP contribution in [0.3, 0.4) is 0 Å². The van der Waals surface area contributed by atoms with E-state index in [-0.39, 0.29) is 17.9 Å². The monoisotopic (exact) mass is 251 g/mol. The zero-order valence-electron chi connectivity index (χ0n) is 10.0. The fourth-order valence-electron chi connectivity index (χ4n) is 1.87. The zero-order valence-corrected chi connectivity index (χ0v) is 10.8. The molecule has 1 aromatic rings. The Hall–Kier alpha value is -1.35. The lowest BCUT2D eigenvalue weighted by Gasteiger charge is -2.31. The highest BCUT2D eigenvalue weighted by Crippen LogP contribution is 2.30. The molecule has 0 saturated carbocycles. The number of imide groups is 1. The third-order valence-electron chi connectivity index (χ3n) is 3.21. The molecule has 90 valence electrons. The summed E-state index contributed by atoms with van der Waals surface area (Å²) < 4.78 is 0. The smallest absolute Gasteiger partial charge is 0.261 e.